The molecule has 0 amide bonds. The molecule has 0 saturated carbocycles. The third-order valence-electron chi connectivity index (χ3n) is 2.79. The number of hydrogen-bond acceptors (Lipinski definition) is 2. The number of benzene rings is 2. The monoisotopic (exact) mass is 325 g/mol. The van der Waals surface area contributed by atoms with Gasteiger partial charge in [-0.15, -0.1) is 0 Å². The maximum atomic E-state index is 6.10. The minimum absolute atomic E-state index is 0.759. The predicted molar refractivity (Wildman–Crippen MR) is 89.0 cm³/mol. The lowest BCUT2D eigenvalue weighted by atomic mass is 10.2. The van der Waals surface area contributed by atoms with Gasteiger partial charge in [0, 0.05) is 26.4 Å². The fraction of sp³-hybridized carbons (Fsp3) is 0.250. The lowest BCUT2D eigenvalue weighted by molar-refractivity contribution is 0.669. The Morgan fingerprint density at radius 2 is 1.85 bits per heavy atom. The molecule has 0 unspecified atom stereocenters. The Labute approximate surface area is 134 Å². The van der Waals surface area contributed by atoms with Crippen molar-refractivity contribution in [2.24, 2.45) is 0 Å². The van der Waals surface area contributed by atoms with E-state index < -0.39 is 0 Å². The normalized spacial score (nSPS) is 10.8. The topological polar surface area (TPSA) is 12.0 Å². The smallest absolute Gasteiger partial charge is 0.0417 e. The van der Waals surface area contributed by atoms with E-state index >= 15 is 0 Å². The van der Waals surface area contributed by atoms with Crippen molar-refractivity contribution < 1.29 is 0 Å². The number of hydrogen-bond donors (Lipinski definition) is 1. The van der Waals surface area contributed by atoms with E-state index in [4.69, 9.17) is 23.2 Å². The van der Waals surface area contributed by atoms with Crippen LogP contribution in [0, 0.1) is 0 Å². The molecule has 0 aliphatic carbocycles. The van der Waals surface area contributed by atoms with E-state index in [0.29, 0.717) is 0 Å². The van der Waals surface area contributed by atoms with E-state index in [1.165, 1.54) is 10.5 Å². The molecule has 0 radical (unpaired) electrons. The molecule has 0 fully saturated rings. The molecule has 0 atom stereocenters. The lowest BCUT2D eigenvalue weighted by Gasteiger charge is -2.11. The first-order valence-corrected chi connectivity index (χ1v) is 8.19. The van der Waals surface area contributed by atoms with Gasteiger partial charge in [-0.1, -0.05) is 48.0 Å². The summed E-state index contributed by atoms with van der Waals surface area (Å²) < 4.78 is 0. The van der Waals surface area contributed by atoms with E-state index in [0.717, 1.165) is 34.5 Å². The van der Waals surface area contributed by atoms with Crippen molar-refractivity contribution in [2.75, 3.05) is 6.54 Å². The molecule has 0 aromatic heterocycles. The summed E-state index contributed by atoms with van der Waals surface area (Å²) >= 11 is 13.8. The van der Waals surface area contributed by atoms with Crippen molar-refractivity contribution in [1.29, 1.82) is 0 Å². The average molecular weight is 326 g/mol. The Morgan fingerprint density at radius 1 is 1.05 bits per heavy atom. The van der Waals surface area contributed by atoms with Crippen LogP contribution in [0.2, 0.25) is 10.0 Å². The minimum atomic E-state index is 0.759. The number of halogens is 2. The zero-order valence-electron chi connectivity index (χ0n) is 11.3. The summed E-state index contributed by atoms with van der Waals surface area (Å²) in [7, 11) is 0. The molecule has 1 N–H and O–H groups in total. The van der Waals surface area contributed by atoms with Crippen LogP contribution in [0.1, 0.15) is 18.9 Å². The van der Waals surface area contributed by atoms with Gasteiger partial charge in [0.25, 0.3) is 0 Å². The predicted octanol–water partition coefficient (Wildman–Crippen LogP) is 5.64. The van der Waals surface area contributed by atoms with Crippen molar-refractivity contribution in [3.8, 4) is 0 Å². The van der Waals surface area contributed by atoms with Crippen LogP contribution in [-0.2, 0) is 6.54 Å². The SMILES string of the molecule is CCCNCc1cc(Cl)ccc1Sc1cccc(Cl)c1. The molecule has 0 aliphatic heterocycles. The first kappa shape index (κ1) is 15.7. The summed E-state index contributed by atoms with van der Waals surface area (Å²) in [6, 6.07) is 13.9. The molecular weight excluding hydrogens is 309 g/mol. The van der Waals surface area contributed by atoms with Crippen LogP contribution >= 0.6 is 35.0 Å². The fourth-order valence-corrected chi connectivity index (χ4v) is 3.28. The van der Waals surface area contributed by atoms with Gasteiger partial charge in [0.1, 0.15) is 0 Å². The Morgan fingerprint density at radius 3 is 2.60 bits per heavy atom. The molecule has 0 saturated heterocycles. The van der Waals surface area contributed by atoms with E-state index in [-0.39, 0.29) is 0 Å². The second kappa shape index (κ2) is 7.94. The molecule has 2 aromatic carbocycles. The summed E-state index contributed by atoms with van der Waals surface area (Å²) in [5, 5.41) is 4.95. The summed E-state index contributed by atoms with van der Waals surface area (Å²) in [6.45, 7) is 4.00. The summed E-state index contributed by atoms with van der Waals surface area (Å²) in [5.74, 6) is 0. The highest BCUT2D eigenvalue weighted by Crippen LogP contribution is 2.33. The molecule has 4 heteroatoms. The molecule has 0 bridgehead atoms. The summed E-state index contributed by atoms with van der Waals surface area (Å²) in [6.07, 6.45) is 1.12. The standard InChI is InChI=1S/C16H17Cl2NS/c1-2-8-19-11-12-9-14(18)6-7-16(12)20-15-5-3-4-13(17)10-15/h3-7,9-10,19H,2,8,11H2,1H3. The molecule has 106 valence electrons. The molecule has 1 nitrogen and oxygen atoms in total. The van der Waals surface area contributed by atoms with Crippen molar-refractivity contribution in [3.05, 3.63) is 58.1 Å². The van der Waals surface area contributed by atoms with Crippen LogP contribution < -0.4 is 5.32 Å². The second-order valence-corrected chi connectivity index (χ2v) is 6.48. The largest absolute Gasteiger partial charge is 0.313 e. The molecule has 0 heterocycles. The molecular formula is C16H17Cl2NS. The molecule has 0 spiro atoms. The van der Waals surface area contributed by atoms with Crippen LogP contribution in [0.5, 0.6) is 0 Å². The first-order chi connectivity index (χ1) is 9.69. The van der Waals surface area contributed by atoms with E-state index in [1.54, 1.807) is 11.8 Å². The molecule has 20 heavy (non-hydrogen) atoms. The molecule has 2 rings (SSSR count). The van der Waals surface area contributed by atoms with Crippen molar-refractivity contribution >= 4 is 35.0 Å². The Kier molecular flexibility index (Phi) is 6.24. The number of nitrogens with one attached hydrogen (secondary N) is 1. The first-order valence-electron chi connectivity index (χ1n) is 6.61. The van der Waals surface area contributed by atoms with Gasteiger partial charge >= 0.3 is 0 Å². The number of rotatable bonds is 6. The van der Waals surface area contributed by atoms with Gasteiger partial charge in [0.2, 0.25) is 0 Å². The van der Waals surface area contributed by atoms with Crippen LogP contribution in [0.4, 0.5) is 0 Å². The van der Waals surface area contributed by atoms with Crippen molar-refractivity contribution in [2.45, 2.75) is 29.7 Å². The van der Waals surface area contributed by atoms with E-state index in [2.05, 4.69) is 24.4 Å². The zero-order valence-corrected chi connectivity index (χ0v) is 13.7. The van der Waals surface area contributed by atoms with Gasteiger partial charge in [-0.05, 0) is 54.9 Å². The molecule has 2 aromatic rings. The second-order valence-electron chi connectivity index (χ2n) is 4.49. The van der Waals surface area contributed by atoms with Gasteiger partial charge in [0.05, 0.1) is 0 Å². The Hall–Kier alpha value is -0.670. The van der Waals surface area contributed by atoms with Crippen LogP contribution in [0.15, 0.2) is 52.3 Å². The average Bonchev–Trinajstić information content (AvgIpc) is 2.42. The van der Waals surface area contributed by atoms with Crippen LogP contribution in [0.25, 0.3) is 0 Å². The van der Waals surface area contributed by atoms with Gasteiger partial charge < -0.3 is 5.32 Å². The third kappa shape index (κ3) is 4.71. The maximum absolute atomic E-state index is 6.10. The Bertz CT molecular complexity index is 572. The highest BCUT2D eigenvalue weighted by Gasteiger charge is 2.06. The highest BCUT2D eigenvalue weighted by molar-refractivity contribution is 7.99. The highest BCUT2D eigenvalue weighted by atomic mass is 35.5. The van der Waals surface area contributed by atoms with Crippen LogP contribution in [-0.4, -0.2) is 6.54 Å². The van der Waals surface area contributed by atoms with Crippen LogP contribution in [0.3, 0.4) is 0 Å². The van der Waals surface area contributed by atoms with E-state index in [1.807, 2.05) is 30.3 Å². The van der Waals surface area contributed by atoms with Gasteiger partial charge in [-0.2, -0.15) is 0 Å². The quantitative estimate of drug-likeness (QED) is 0.689. The molecule has 0 aliphatic rings. The fourth-order valence-electron chi connectivity index (χ4n) is 1.84. The third-order valence-corrected chi connectivity index (χ3v) is 4.37. The zero-order chi connectivity index (χ0) is 14.4. The van der Waals surface area contributed by atoms with E-state index in [9.17, 15) is 0 Å². The summed E-state index contributed by atoms with van der Waals surface area (Å²) in [4.78, 5) is 2.34. The van der Waals surface area contributed by atoms with Gasteiger partial charge in [-0.25, -0.2) is 0 Å². The lowest BCUT2D eigenvalue weighted by Crippen LogP contribution is -2.14. The van der Waals surface area contributed by atoms with Crippen molar-refractivity contribution in [1.82, 2.24) is 5.32 Å². The minimum Gasteiger partial charge on any atom is -0.313 e. The van der Waals surface area contributed by atoms with Gasteiger partial charge in [-0.3, -0.25) is 0 Å². The maximum Gasteiger partial charge on any atom is 0.0417 e. The van der Waals surface area contributed by atoms with Crippen molar-refractivity contribution in [3.63, 3.8) is 0 Å². The van der Waals surface area contributed by atoms with Gasteiger partial charge in [0.15, 0.2) is 0 Å². The summed E-state index contributed by atoms with van der Waals surface area (Å²) in [5.41, 5.74) is 1.22. The Balaban J connectivity index is 2.17.